The molecule has 1 amide bonds. The largest absolute Gasteiger partial charge is 0.493 e. The lowest BCUT2D eigenvalue weighted by atomic mass is 10.1. The van der Waals surface area contributed by atoms with Crippen LogP contribution in [0.2, 0.25) is 0 Å². The molecular weight excluding hydrogens is 435 g/mol. The average Bonchev–Trinajstić information content (AvgIpc) is 3.43. The van der Waals surface area contributed by atoms with E-state index in [1.807, 2.05) is 0 Å². The lowest BCUT2D eigenvalue weighted by Gasteiger charge is -2.25. The highest BCUT2D eigenvalue weighted by atomic mass is 35.5. The second-order valence-electron chi connectivity index (χ2n) is 6.75. The van der Waals surface area contributed by atoms with Crippen molar-refractivity contribution in [2.24, 2.45) is 0 Å². The molecule has 1 aromatic heterocycles. The maximum atomic E-state index is 12.5. The third kappa shape index (κ3) is 5.11. The number of carbonyl (C=O) groups is 1. The topological polar surface area (TPSA) is 83.3 Å². The Hall–Kier alpha value is -2.16. The molecule has 0 spiro atoms. The summed E-state index contributed by atoms with van der Waals surface area (Å²) in [5, 5.41) is 4.09. The van der Waals surface area contributed by atoms with Crippen LogP contribution in [0, 0.1) is 0 Å². The molecule has 1 fully saturated rings. The highest BCUT2D eigenvalue weighted by Crippen LogP contribution is 2.41. The molecule has 30 heavy (non-hydrogen) atoms. The minimum atomic E-state index is -1.16. The Morgan fingerprint density at radius 1 is 1.20 bits per heavy atom. The van der Waals surface area contributed by atoms with E-state index < -0.39 is 10.7 Å². The summed E-state index contributed by atoms with van der Waals surface area (Å²) in [6.45, 7) is 1.27. The molecule has 0 N–H and O–H groups in total. The SMILES string of the molecule is COc1cc(-c2cc(CN(CC3CCCO3)C(=O)C(Cl)Cl)no2)cc(OC)c1OC. The number of rotatable bonds is 9. The summed E-state index contributed by atoms with van der Waals surface area (Å²) in [6, 6.07) is 5.26. The fourth-order valence-corrected chi connectivity index (χ4v) is 3.62. The number of carbonyl (C=O) groups excluding carboxylic acids is 1. The summed E-state index contributed by atoms with van der Waals surface area (Å²) in [5.74, 6) is 1.56. The van der Waals surface area contributed by atoms with E-state index in [4.69, 9.17) is 46.7 Å². The molecule has 1 aromatic carbocycles. The van der Waals surface area contributed by atoms with Crippen LogP contribution < -0.4 is 14.2 Å². The van der Waals surface area contributed by atoms with Gasteiger partial charge < -0.3 is 28.4 Å². The van der Waals surface area contributed by atoms with Crippen LogP contribution in [-0.2, 0) is 16.1 Å². The molecule has 1 saturated heterocycles. The molecule has 3 rings (SSSR count). The zero-order chi connectivity index (χ0) is 21.7. The van der Waals surface area contributed by atoms with Crippen LogP contribution in [0.1, 0.15) is 18.5 Å². The summed E-state index contributed by atoms with van der Waals surface area (Å²) in [5.41, 5.74) is 1.24. The van der Waals surface area contributed by atoms with Crippen molar-refractivity contribution in [1.29, 1.82) is 0 Å². The molecule has 2 heterocycles. The fourth-order valence-electron chi connectivity index (χ4n) is 3.35. The van der Waals surface area contributed by atoms with Crippen LogP contribution in [0.15, 0.2) is 22.7 Å². The highest BCUT2D eigenvalue weighted by Gasteiger charge is 2.27. The molecule has 2 aromatic rings. The number of hydrogen-bond donors (Lipinski definition) is 0. The van der Waals surface area contributed by atoms with Crippen molar-refractivity contribution >= 4 is 29.1 Å². The molecular formula is C20H24Cl2N2O6. The van der Waals surface area contributed by atoms with E-state index in [0.29, 0.717) is 47.4 Å². The monoisotopic (exact) mass is 458 g/mol. The van der Waals surface area contributed by atoms with Gasteiger partial charge in [-0.1, -0.05) is 28.4 Å². The van der Waals surface area contributed by atoms with Gasteiger partial charge in [0.1, 0.15) is 5.69 Å². The van der Waals surface area contributed by atoms with E-state index in [9.17, 15) is 4.79 Å². The maximum Gasteiger partial charge on any atom is 0.256 e. The van der Waals surface area contributed by atoms with Crippen LogP contribution >= 0.6 is 23.2 Å². The van der Waals surface area contributed by atoms with Crippen LogP contribution in [0.3, 0.4) is 0 Å². The van der Waals surface area contributed by atoms with Gasteiger partial charge in [-0.15, -0.1) is 0 Å². The quantitative estimate of drug-likeness (QED) is 0.529. The van der Waals surface area contributed by atoms with E-state index in [1.54, 1.807) is 18.2 Å². The zero-order valence-corrected chi connectivity index (χ0v) is 18.5. The van der Waals surface area contributed by atoms with Gasteiger partial charge in [-0.2, -0.15) is 0 Å². The second-order valence-corrected chi connectivity index (χ2v) is 7.85. The van der Waals surface area contributed by atoms with Crippen molar-refractivity contribution in [2.75, 3.05) is 34.5 Å². The lowest BCUT2D eigenvalue weighted by Crippen LogP contribution is -2.39. The maximum absolute atomic E-state index is 12.5. The number of aromatic nitrogens is 1. The number of amides is 1. The first-order valence-corrected chi connectivity index (χ1v) is 10.3. The van der Waals surface area contributed by atoms with Gasteiger partial charge in [-0.05, 0) is 25.0 Å². The van der Waals surface area contributed by atoms with E-state index >= 15 is 0 Å². The minimum Gasteiger partial charge on any atom is -0.493 e. The number of alkyl halides is 2. The number of benzene rings is 1. The van der Waals surface area contributed by atoms with E-state index in [-0.39, 0.29) is 12.6 Å². The molecule has 1 aliphatic rings. The summed E-state index contributed by atoms with van der Waals surface area (Å²) in [6.07, 6.45) is 1.81. The van der Waals surface area contributed by atoms with Crippen LogP contribution in [0.4, 0.5) is 0 Å². The van der Waals surface area contributed by atoms with Gasteiger partial charge in [0, 0.05) is 24.8 Å². The first kappa shape index (κ1) is 22.5. The van der Waals surface area contributed by atoms with Crippen molar-refractivity contribution in [2.45, 2.75) is 30.3 Å². The number of halogens is 2. The molecule has 0 bridgehead atoms. The van der Waals surface area contributed by atoms with Gasteiger partial charge in [-0.3, -0.25) is 4.79 Å². The van der Waals surface area contributed by atoms with Crippen LogP contribution in [-0.4, -0.2) is 61.4 Å². The van der Waals surface area contributed by atoms with E-state index in [0.717, 1.165) is 12.8 Å². The molecule has 1 aliphatic heterocycles. The van der Waals surface area contributed by atoms with Gasteiger partial charge in [-0.25, -0.2) is 0 Å². The Morgan fingerprint density at radius 3 is 2.43 bits per heavy atom. The molecule has 10 heteroatoms. The van der Waals surface area contributed by atoms with Crippen molar-refractivity contribution in [3.05, 3.63) is 23.9 Å². The predicted molar refractivity (Wildman–Crippen MR) is 111 cm³/mol. The Kier molecular flexibility index (Phi) is 7.69. The van der Waals surface area contributed by atoms with Gasteiger partial charge in [0.25, 0.3) is 5.91 Å². The third-order valence-electron chi connectivity index (χ3n) is 4.81. The summed E-state index contributed by atoms with van der Waals surface area (Å²) < 4.78 is 27.2. The van der Waals surface area contributed by atoms with E-state index in [1.165, 1.54) is 26.2 Å². The van der Waals surface area contributed by atoms with Gasteiger partial charge in [0.15, 0.2) is 22.1 Å². The zero-order valence-electron chi connectivity index (χ0n) is 17.0. The number of hydrogen-bond acceptors (Lipinski definition) is 7. The number of ether oxygens (including phenoxy) is 4. The molecule has 8 nitrogen and oxygen atoms in total. The molecule has 0 aliphatic carbocycles. The van der Waals surface area contributed by atoms with Crippen molar-refractivity contribution in [3.63, 3.8) is 0 Å². The van der Waals surface area contributed by atoms with Gasteiger partial charge in [0.05, 0.1) is 34.0 Å². The Bertz CT molecular complexity index is 842. The smallest absolute Gasteiger partial charge is 0.256 e. The Balaban J connectivity index is 1.82. The Morgan fingerprint density at radius 2 is 1.90 bits per heavy atom. The van der Waals surface area contributed by atoms with E-state index in [2.05, 4.69) is 5.16 Å². The highest BCUT2D eigenvalue weighted by molar-refractivity contribution is 6.53. The summed E-state index contributed by atoms with van der Waals surface area (Å²) in [4.78, 5) is 12.8. The average molecular weight is 459 g/mol. The molecule has 1 unspecified atom stereocenters. The first-order valence-electron chi connectivity index (χ1n) is 9.41. The van der Waals surface area contributed by atoms with Gasteiger partial charge in [0.2, 0.25) is 5.75 Å². The standard InChI is InChI=1S/C20H24Cl2N2O6/c1-26-16-7-12(8-17(27-2)18(16)28-3)15-9-13(23-30-15)10-24(20(25)19(21)22)11-14-5-4-6-29-14/h7-9,14,19H,4-6,10-11H2,1-3H3. The molecule has 0 saturated carbocycles. The van der Waals surface area contributed by atoms with Crippen molar-refractivity contribution < 1.29 is 28.3 Å². The second kappa shape index (κ2) is 10.2. The lowest BCUT2D eigenvalue weighted by molar-refractivity contribution is -0.131. The summed E-state index contributed by atoms with van der Waals surface area (Å²) >= 11 is 11.6. The van der Waals surface area contributed by atoms with Gasteiger partial charge >= 0.3 is 0 Å². The van der Waals surface area contributed by atoms with Crippen molar-refractivity contribution in [1.82, 2.24) is 10.1 Å². The predicted octanol–water partition coefficient (Wildman–Crippen LogP) is 3.68. The number of nitrogens with zero attached hydrogens (tertiary/aromatic N) is 2. The fraction of sp³-hybridized carbons (Fsp3) is 0.500. The molecule has 0 radical (unpaired) electrons. The number of methoxy groups -OCH3 is 3. The Labute approximate surface area is 184 Å². The van der Waals surface area contributed by atoms with Crippen molar-refractivity contribution in [3.8, 4) is 28.6 Å². The third-order valence-corrected chi connectivity index (χ3v) is 5.18. The van der Waals surface area contributed by atoms with Crippen LogP contribution in [0.5, 0.6) is 17.2 Å². The summed E-state index contributed by atoms with van der Waals surface area (Å²) in [7, 11) is 4.61. The molecule has 1 atom stereocenters. The first-order chi connectivity index (χ1) is 14.5. The molecule has 164 valence electrons. The normalized spacial score (nSPS) is 16.0. The minimum absolute atomic E-state index is 0.0393. The van der Waals surface area contributed by atoms with Crippen LogP contribution in [0.25, 0.3) is 11.3 Å².